The standard InChI is InChI=1S/C14H18N2O3/c1-2-12(14(18)19)15-11-5-3-4-9(8-11)13(17)16-10-6-7-10/h3-5,8,10,12,15H,2,6-7H2,1H3,(H,16,17)(H,18,19). The minimum Gasteiger partial charge on any atom is -0.480 e. The number of amides is 1. The molecule has 1 fully saturated rings. The zero-order valence-corrected chi connectivity index (χ0v) is 10.8. The van der Waals surface area contributed by atoms with Gasteiger partial charge in [-0.1, -0.05) is 13.0 Å². The van der Waals surface area contributed by atoms with Crippen LogP contribution in [-0.2, 0) is 4.79 Å². The van der Waals surface area contributed by atoms with Crippen LogP contribution < -0.4 is 10.6 Å². The Hall–Kier alpha value is -2.04. The number of anilines is 1. The van der Waals surface area contributed by atoms with Crippen molar-refractivity contribution in [3.05, 3.63) is 29.8 Å². The van der Waals surface area contributed by atoms with E-state index >= 15 is 0 Å². The summed E-state index contributed by atoms with van der Waals surface area (Å²) in [5.41, 5.74) is 1.20. The third-order valence-electron chi connectivity index (χ3n) is 3.08. The highest BCUT2D eigenvalue weighted by Gasteiger charge is 2.24. The molecule has 1 unspecified atom stereocenters. The van der Waals surface area contributed by atoms with E-state index in [-0.39, 0.29) is 5.91 Å². The first-order valence-electron chi connectivity index (χ1n) is 6.50. The molecule has 0 spiro atoms. The molecule has 1 aliphatic carbocycles. The molecule has 1 amide bonds. The zero-order chi connectivity index (χ0) is 13.8. The van der Waals surface area contributed by atoms with Crippen molar-refractivity contribution in [3.63, 3.8) is 0 Å². The maximum Gasteiger partial charge on any atom is 0.326 e. The molecule has 0 saturated heterocycles. The van der Waals surface area contributed by atoms with Crippen LogP contribution in [0.2, 0.25) is 0 Å². The Kier molecular flexibility index (Phi) is 4.04. The van der Waals surface area contributed by atoms with Crippen molar-refractivity contribution in [2.45, 2.75) is 38.3 Å². The number of rotatable bonds is 6. The number of aliphatic carboxylic acids is 1. The molecular formula is C14H18N2O3. The van der Waals surface area contributed by atoms with E-state index in [9.17, 15) is 9.59 Å². The maximum atomic E-state index is 11.9. The van der Waals surface area contributed by atoms with E-state index in [1.165, 1.54) is 0 Å². The first-order valence-corrected chi connectivity index (χ1v) is 6.50. The van der Waals surface area contributed by atoms with Gasteiger partial charge in [0.15, 0.2) is 0 Å². The van der Waals surface area contributed by atoms with Crippen LogP contribution >= 0.6 is 0 Å². The van der Waals surface area contributed by atoms with E-state index in [0.29, 0.717) is 23.7 Å². The molecule has 0 heterocycles. The zero-order valence-electron chi connectivity index (χ0n) is 10.8. The van der Waals surface area contributed by atoms with Gasteiger partial charge in [-0.15, -0.1) is 0 Å². The molecule has 5 heteroatoms. The molecule has 0 radical (unpaired) electrons. The average molecular weight is 262 g/mol. The van der Waals surface area contributed by atoms with Crippen molar-refractivity contribution >= 4 is 17.6 Å². The van der Waals surface area contributed by atoms with Crippen LogP contribution in [0.1, 0.15) is 36.5 Å². The molecule has 1 saturated carbocycles. The molecule has 0 aromatic heterocycles. The summed E-state index contributed by atoms with van der Waals surface area (Å²) in [6.07, 6.45) is 2.56. The van der Waals surface area contributed by atoms with E-state index in [4.69, 9.17) is 5.11 Å². The predicted molar refractivity (Wildman–Crippen MR) is 72.3 cm³/mol. The lowest BCUT2D eigenvalue weighted by Crippen LogP contribution is -2.29. The van der Waals surface area contributed by atoms with Gasteiger partial charge in [0.2, 0.25) is 0 Å². The van der Waals surface area contributed by atoms with E-state index in [0.717, 1.165) is 12.8 Å². The molecule has 1 aliphatic rings. The highest BCUT2D eigenvalue weighted by atomic mass is 16.4. The Morgan fingerprint density at radius 3 is 2.74 bits per heavy atom. The molecule has 2 rings (SSSR count). The number of nitrogens with one attached hydrogen (secondary N) is 2. The molecule has 1 aromatic rings. The lowest BCUT2D eigenvalue weighted by molar-refractivity contribution is -0.137. The van der Waals surface area contributed by atoms with E-state index in [2.05, 4.69) is 10.6 Å². The Morgan fingerprint density at radius 1 is 1.42 bits per heavy atom. The summed E-state index contributed by atoms with van der Waals surface area (Å²) in [7, 11) is 0. The van der Waals surface area contributed by atoms with Crippen molar-refractivity contribution in [2.75, 3.05) is 5.32 Å². The monoisotopic (exact) mass is 262 g/mol. The Balaban J connectivity index is 2.05. The quantitative estimate of drug-likeness (QED) is 0.731. The number of carboxylic acids is 1. The number of hydrogen-bond acceptors (Lipinski definition) is 3. The molecule has 19 heavy (non-hydrogen) atoms. The molecule has 0 bridgehead atoms. The smallest absolute Gasteiger partial charge is 0.326 e. The first kappa shape index (κ1) is 13.4. The van der Waals surface area contributed by atoms with Crippen LogP contribution in [-0.4, -0.2) is 29.1 Å². The van der Waals surface area contributed by atoms with Crippen LogP contribution in [0.4, 0.5) is 5.69 Å². The second-order valence-electron chi connectivity index (χ2n) is 4.77. The van der Waals surface area contributed by atoms with Crippen LogP contribution in [0.25, 0.3) is 0 Å². The fourth-order valence-corrected chi connectivity index (χ4v) is 1.79. The fraction of sp³-hybridized carbons (Fsp3) is 0.429. The minimum absolute atomic E-state index is 0.102. The normalized spacial score (nSPS) is 15.6. The second kappa shape index (κ2) is 5.73. The van der Waals surface area contributed by atoms with Gasteiger partial charge in [0.1, 0.15) is 6.04 Å². The van der Waals surface area contributed by atoms with Crippen LogP contribution in [0.3, 0.4) is 0 Å². The molecule has 102 valence electrons. The van der Waals surface area contributed by atoms with E-state index in [1.807, 2.05) is 0 Å². The minimum atomic E-state index is -0.893. The Morgan fingerprint density at radius 2 is 2.16 bits per heavy atom. The Labute approximate surface area is 112 Å². The summed E-state index contributed by atoms with van der Waals surface area (Å²) in [5.74, 6) is -0.996. The van der Waals surface area contributed by atoms with Gasteiger partial charge >= 0.3 is 5.97 Å². The van der Waals surface area contributed by atoms with Gasteiger partial charge in [0.05, 0.1) is 0 Å². The third kappa shape index (κ3) is 3.71. The lowest BCUT2D eigenvalue weighted by atomic mass is 10.1. The van der Waals surface area contributed by atoms with Gasteiger partial charge in [-0.3, -0.25) is 4.79 Å². The molecule has 1 atom stereocenters. The summed E-state index contributed by atoms with van der Waals surface area (Å²) >= 11 is 0. The van der Waals surface area contributed by atoms with Crippen LogP contribution in [0, 0.1) is 0 Å². The number of hydrogen-bond donors (Lipinski definition) is 3. The highest BCUT2D eigenvalue weighted by Crippen LogP contribution is 2.20. The largest absolute Gasteiger partial charge is 0.480 e. The maximum absolute atomic E-state index is 11.9. The van der Waals surface area contributed by atoms with Crippen LogP contribution in [0.15, 0.2) is 24.3 Å². The van der Waals surface area contributed by atoms with Crippen molar-refractivity contribution in [2.24, 2.45) is 0 Å². The van der Waals surface area contributed by atoms with Crippen molar-refractivity contribution < 1.29 is 14.7 Å². The van der Waals surface area contributed by atoms with E-state index in [1.54, 1.807) is 31.2 Å². The molecular weight excluding hydrogens is 244 g/mol. The average Bonchev–Trinajstić information content (AvgIpc) is 3.19. The van der Waals surface area contributed by atoms with Gasteiger partial charge in [-0.2, -0.15) is 0 Å². The van der Waals surface area contributed by atoms with Crippen LogP contribution in [0.5, 0.6) is 0 Å². The second-order valence-corrected chi connectivity index (χ2v) is 4.77. The van der Waals surface area contributed by atoms with Gasteiger partial charge < -0.3 is 15.7 Å². The Bertz CT molecular complexity index is 483. The predicted octanol–water partition coefficient (Wildman–Crippen LogP) is 1.85. The summed E-state index contributed by atoms with van der Waals surface area (Å²) in [5, 5.41) is 14.8. The number of carboxylic acid groups (broad SMARTS) is 1. The molecule has 1 aromatic carbocycles. The van der Waals surface area contributed by atoms with Gasteiger partial charge in [-0.25, -0.2) is 4.79 Å². The molecule has 0 aliphatic heterocycles. The third-order valence-corrected chi connectivity index (χ3v) is 3.08. The van der Waals surface area contributed by atoms with E-state index < -0.39 is 12.0 Å². The van der Waals surface area contributed by atoms with Crippen molar-refractivity contribution in [3.8, 4) is 0 Å². The number of benzene rings is 1. The summed E-state index contributed by atoms with van der Waals surface area (Å²) < 4.78 is 0. The molecule has 3 N–H and O–H groups in total. The topological polar surface area (TPSA) is 78.4 Å². The lowest BCUT2D eigenvalue weighted by Gasteiger charge is -2.14. The van der Waals surface area contributed by atoms with Crippen molar-refractivity contribution in [1.82, 2.24) is 5.32 Å². The first-order chi connectivity index (χ1) is 9.10. The molecule has 5 nitrogen and oxygen atoms in total. The highest BCUT2D eigenvalue weighted by molar-refractivity contribution is 5.95. The number of carbonyl (C=O) groups excluding carboxylic acids is 1. The van der Waals surface area contributed by atoms with Crippen molar-refractivity contribution in [1.29, 1.82) is 0 Å². The van der Waals surface area contributed by atoms with Gasteiger partial charge in [0, 0.05) is 17.3 Å². The fourth-order valence-electron chi connectivity index (χ4n) is 1.79. The van der Waals surface area contributed by atoms with Gasteiger partial charge in [-0.05, 0) is 37.5 Å². The summed E-state index contributed by atoms with van der Waals surface area (Å²) in [4.78, 5) is 22.8. The summed E-state index contributed by atoms with van der Waals surface area (Å²) in [6.45, 7) is 1.80. The number of carbonyl (C=O) groups is 2. The van der Waals surface area contributed by atoms with Gasteiger partial charge in [0.25, 0.3) is 5.91 Å². The summed E-state index contributed by atoms with van der Waals surface area (Å²) in [6, 6.07) is 6.60. The SMILES string of the molecule is CCC(Nc1cccc(C(=O)NC2CC2)c1)C(=O)O.